The molecule has 1 N–H and O–H groups in total. The standard InChI is InChI=1S/C21H31NO/c1-20-9-7-14(23)11-13(20)3-4-15-16-5-6-18(19-12-22-19)21(16,2)10-8-17(15)20/h3,15-19,22H,4-12H2,1-2H3. The smallest absolute Gasteiger partial charge is 0.136 e. The number of carbonyl (C=O) groups is 1. The molecule has 23 heavy (non-hydrogen) atoms. The van der Waals surface area contributed by atoms with Crippen LogP contribution >= 0.6 is 0 Å². The van der Waals surface area contributed by atoms with Crippen LogP contribution in [0.5, 0.6) is 0 Å². The monoisotopic (exact) mass is 313 g/mol. The number of hydrogen-bond donors (Lipinski definition) is 1. The molecule has 3 saturated carbocycles. The Morgan fingerprint density at radius 2 is 1.87 bits per heavy atom. The van der Waals surface area contributed by atoms with Gasteiger partial charge in [0.2, 0.25) is 0 Å². The van der Waals surface area contributed by atoms with Crippen LogP contribution in [-0.4, -0.2) is 18.4 Å². The van der Waals surface area contributed by atoms with Crippen LogP contribution in [-0.2, 0) is 4.79 Å². The Kier molecular flexibility index (Phi) is 3.01. The van der Waals surface area contributed by atoms with Crippen LogP contribution in [0.1, 0.15) is 65.2 Å². The lowest BCUT2D eigenvalue weighted by atomic mass is 9.47. The van der Waals surface area contributed by atoms with Gasteiger partial charge in [-0.15, -0.1) is 0 Å². The van der Waals surface area contributed by atoms with E-state index in [1.165, 1.54) is 44.2 Å². The van der Waals surface area contributed by atoms with Gasteiger partial charge in [-0.25, -0.2) is 0 Å². The van der Waals surface area contributed by atoms with Crippen molar-refractivity contribution in [2.24, 2.45) is 34.5 Å². The zero-order valence-corrected chi connectivity index (χ0v) is 14.7. The third-order valence-electron chi connectivity index (χ3n) is 8.94. The van der Waals surface area contributed by atoms with Crippen molar-refractivity contribution in [3.8, 4) is 0 Å². The van der Waals surface area contributed by atoms with Crippen LogP contribution in [0.25, 0.3) is 0 Å². The second-order valence-corrected chi connectivity index (χ2v) is 9.72. The third-order valence-corrected chi connectivity index (χ3v) is 8.94. The number of nitrogens with one attached hydrogen (secondary N) is 1. The van der Waals surface area contributed by atoms with Crippen LogP contribution < -0.4 is 5.32 Å². The number of carbonyl (C=O) groups excluding carboxylic acids is 1. The lowest BCUT2D eigenvalue weighted by Gasteiger charge is -2.57. The summed E-state index contributed by atoms with van der Waals surface area (Å²) in [4.78, 5) is 11.9. The number of ketones is 1. The Balaban J connectivity index is 1.48. The Bertz CT molecular complexity index is 576. The summed E-state index contributed by atoms with van der Waals surface area (Å²) >= 11 is 0. The molecule has 0 spiro atoms. The third kappa shape index (κ3) is 1.94. The average molecular weight is 313 g/mol. The van der Waals surface area contributed by atoms with Gasteiger partial charge in [0.05, 0.1) is 0 Å². The van der Waals surface area contributed by atoms with Crippen molar-refractivity contribution in [2.45, 2.75) is 71.3 Å². The molecule has 0 aromatic rings. The summed E-state index contributed by atoms with van der Waals surface area (Å²) in [7, 11) is 0. The second kappa shape index (κ2) is 4.71. The molecule has 0 aromatic carbocycles. The predicted molar refractivity (Wildman–Crippen MR) is 92.0 cm³/mol. The Morgan fingerprint density at radius 3 is 2.65 bits per heavy atom. The quantitative estimate of drug-likeness (QED) is 0.584. The first kappa shape index (κ1) is 14.7. The van der Waals surface area contributed by atoms with Gasteiger partial charge in [-0.05, 0) is 73.0 Å². The molecule has 0 aromatic heterocycles. The van der Waals surface area contributed by atoms with Crippen molar-refractivity contribution in [2.75, 3.05) is 6.54 Å². The summed E-state index contributed by atoms with van der Waals surface area (Å²) < 4.78 is 0. The van der Waals surface area contributed by atoms with E-state index in [1.807, 2.05) is 0 Å². The molecule has 2 nitrogen and oxygen atoms in total. The first-order valence-electron chi connectivity index (χ1n) is 9.97. The fourth-order valence-corrected chi connectivity index (χ4v) is 7.53. The maximum absolute atomic E-state index is 11.9. The minimum atomic E-state index is 0.341. The summed E-state index contributed by atoms with van der Waals surface area (Å²) in [6.45, 7) is 6.39. The molecule has 0 bridgehead atoms. The van der Waals surface area contributed by atoms with Crippen molar-refractivity contribution < 1.29 is 4.79 Å². The molecule has 4 aliphatic carbocycles. The summed E-state index contributed by atoms with van der Waals surface area (Å²) in [5, 5.41) is 3.61. The molecule has 2 heteroatoms. The SMILES string of the molecule is CC12CCC(=O)CC1=CCC1C2CCC2(C)C(C3CN3)CCC12. The number of allylic oxidation sites excluding steroid dienone is 2. The van der Waals surface area contributed by atoms with E-state index >= 15 is 0 Å². The molecule has 1 aliphatic heterocycles. The highest BCUT2D eigenvalue weighted by Crippen LogP contribution is 2.66. The van der Waals surface area contributed by atoms with Gasteiger partial charge in [-0.1, -0.05) is 25.5 Å². The fraction of sp³-hybridized carbons (Fsp3) is 0.857. The van der Waals surface area contributed by atoms with Crippen molar-refractivity contribution in [1.29, 1.82) is 0 Å². The highest BCUT2D eigenvalue weighted by Gasteiger charge is 2.60. The largest absolute Gasteiger partial charge is 0.311 e. The lowest BCUT2D eigenvalue weighted by molar-refractivity contribution is -0.122. The Labute approximate surface area is 140 Å². The fourth-order valence-electron chi connectivity index (χ4n) is 7.53. The van der Waals surface area contributed by atoms with E-state index in [0.29, 0.717) is 16.6 Å². The van der Waals surface area contributed by atoms with Crippen molar-refractivity contribution in [3.63, 3.8) is 0 Å². The lowest BCUT2D eigenvalue weighted by Crippen LogP contribution is -2.50. The van der Waals surface area contributed by atoms with E-state index in [9.17, 15) is 4.79 Å². The van der Waals surface area contributed by atoms with E-state index < -0.39 is 0 Å². The van der Waals surface area contributed by atoms with Crippen molar-refractivity contribution >= 4 is 5.78 Å². The molecule has 0 radical (unpaired) electrons. The van der Waals surface area contributed by atoms with Gasteiger partial charge in [0, 0.05) is 25.4 Å². The molecular weight excluding hydrogens is 282 g/mol. The van der Waals surface area contributed by atoms with E-state index in [0.717, 1.165) is 49.0 Å². The summed E-state index contributed by atoms with van der Waals surface area (Å²) in [5.41, 5.74) is 2.44. The number of fused-ring (bicyclic) bond motifs is 5. The molecule has 4 fully saturated rings. The zero-order chi connectivity index (χ0) is 15.8. The summed E-state index contributed by atoms with van der Waals surface area (Å²) in [6.07, 6.45) is 12.2. The topological polar surface area (TPSA) is 39.0 Å². The first-order chi connectivity index (χ1) is 11.0. The molecule has 1 heterocycles. The van der Waals surface area contributed by atoms with Gasteiger partial charge in [-0.2, -0.15) is 0 Å². The van der Waals surface area contributed by atoms with Gasteiger partial charge >= 0.3 is 0 Å². The van der Waals surface area contributed by atoms with Gasteiger partial charge in [-0.3, -0.25) is 4.79 Å². The van der Waals surface area contributed by atoms with E-state index in [4.69, 9.17) is 0 Å². The number of Topliss-reactive ketones (excluding diaryl/α,β-unsaturated/α-hetero) is 1. The zero-order valence-electron chi connectivity index (χ0n) is 14.7. The van der Waals surface area contributed by atoms with E-state index in [-0.39, 0.29) is 0 Å². The minimum Gasteiger partial charge on any atom is -0.311 e. The molecule has 7 atom stereocenters. The highest BCUT2D eigenvalue weighted by atomic mass is 16.1. The first-order valence-corrected chi connectivity index (χ1v) is 9.97. The molecule has 0 amide bonds. The molecule has 1 saturated heterocycles. The van der Waals surface area contributed by atoms with Crippen LogP contribution in [0, 0.1) is 34.5 Å². The Morgan fingerprint density at radius 1 is 1.09 bits per heavy atom. The maximum atomic E-state index is 11.9. The number of rotatable bonds is 1. The molecule has 126 valence electrons. The molecular formula is C21H31NO. The van der Waals surface area contributed by atoms with Gasteiger partial charge in [0.15, 0.2) is 0 Å². The predicted octanol–water partition coefficient (Wildman–Crippen LogP) is 4.11. The van der Waals surface area contributed by atoms with Gasteiger partial charge in [0.1, 0.15) is 5.78 Å². The van der Waals surface area contributed by atoms with E-state index in [2.05, 4.69) is 25.2 Å². The summed E-state index contributed by atoms with van der Waals surface area (Å²) in [5.74, 6) is 4.08. The minimum absolute atomic E-state index is 0.341. The van der Waals surface area contributed by atoms with Crippen LogP contribution in [0.3, 0.4) is 0 Å². The van der Waals surface area contributed by atoms with Crippen LogP contribution in [0.4, 0.5) is 0 Å². The van der Waals surface area contributed by atoms with Crippen LogP contribution in [0.2, 0.25) is 0 Å². The maximum Gasteiger partial charge on any atom is 0.136 e. The molecule has 7 unspecified atom stereocenters. The highest BCUT2D eigenvalue weighted by molar-refractivity contribution is 5.82. The Hall–Kier alpha value is -0.630. The average Bonchev–Trinajstić information content (AvgIpc) is 3.29. The number of hydrogen-bond acceptors (Lipinski definition) is 2. The summed E-state index contributed by atoms with van der Waals surface area (Å²) in [6, 6.07) is 0.833. The van der Waals surface area contributed by atoms with Crippen LogP contribution in [0.15, 0.2) is 11.6 Å². The van der Waals surface area contributed by atoms with Crippen molar-refractivity contribution in [3.05, 3.63) is 11.6 Å². The molecule has 5 rings (SSSR count). The molecule has 5 aliphatic rings. The van der Waals surface area contributed by atoms with Gasteiger partial charge < -0.3 is 5.32 Å². The van der Waals surface area contributed by atoms with E-state index in [1.54, 1.807) is 0 Å². The van der Waals surface area contributed by atoms with Gasteiger partial charge in [0.25, 0.3) is 0 Å². The normalized spacial score (nSPS) is 54.8. The van der Waals surface area contributed by atoms with Crippen molar-refractivity contribution in [1.82, 2.24) is 5.32 Å². The second-order valence-electron chi connectivity index (χ2n) is 9.72.